The van der Waals surface area contributed by atoms with Crippen LogP contribution in [0.1, 0.15) is 52.5 Å². The second-order valence-corrected chi connectivity index (χ2v) is 17.2. The Labute approximate surface area is 330 Å². The van der Waals surface area contributed by atoms with Crippen LogP contribution in [0.4, 0.5) is 10.5 Å². The third kappa shape index (κ3) is 10.2. The number of esters is 1. The largest absolute Gasteiger partial charge is 0.495 e. The first-order valence-corrected chi connectivity index (χ1v) is 20.7. The highest BCUT2D eigenvalue weighted by molar-refractivity contribution is 8.76. The molecule has 14 nitrogen and oxygen atoms in total. The number of carbonyl (C=O) groups excluding carboxylic acids is 4. The van der Waals surface area contributed by atoms with Crippen LogP contribution in [0.5, 0.6) is 5.75 Å². The number of ether oxygens (including phenoxy) is 5. The van der Waals surface area contributed by atoms with E-state index < -0.39 is 65.7 Å². The number of rotatable bonds is 11. The Morgan fingerprint density at radius 2 is 1.94 bits per heavy atom. The predicted octanol–water partition coefficient (Wildman–Crippen LogP) is 4.24. The number of amides is 3. The van der Waals surface area contributed by atoms with E-state index in [9.17, 15) is 24.3 Å². The van der Waals surface area contributed by atoms with E-state index in [2.05, 4.69) is 5.32 Å². The molecule has 0 saturated carbocycles. The zero-order valence-corrected chi connectivity index (χ0v) is 34.5. The van der Waals surface area contributed by atoms with E-state index in [0.717, 1.165) is 16.9 Å². The summed E-state index contributed by atoms with van der Waals surface area (Å²) in [4.78, 5) is 56.5. The van der Waals surface area contributed by atoms with Crippen LogP contribution in [0.3, 0.4) is 0 Å². The highest BCUT2D eigenvalue weighted by atomic mass is 35.5. The minimum atomic E-state index is -1.83. The molecule has 17 heteroatoms. The van der Waals surface area contributed by atoms with Gasteiger partial charge in [0.2, 0.25) is 11.8 Å². The Hall–Kier alpha value is -2.99. The molecule has 4 N–H and O–H groups in total. The van der Waals surface area contributed by atoms with Crippen molar-refractivity contribution in [3.8, 4) is 5.75 Å². The van der Waals surface area contributed by atoms with Gasteiger partial charge in [-0.05, 0) is 44.9 Å². The topological polar surface area (TPSA) is 182 Å². The van der Waals surface area contributed by atoms with Gasteiger partial charge in [-0.3, -0.25) is 14.9 Å². The molecule has 0 spiro atoms. The number of aliphatic hydroxyl groups is 1. The first-order chi connectivity index (χ1) is 25.5. The van der Waals surface area contributed by atoms with Crippen LogP contribution in [-0.4, -0.2) is 122 Å². The number of anilines is 1. The Balaban J connectivity index is 1.70. The van der Waals surface area contributed by atoms with Crippen molar-refractivity contribution in [2.75, 3.05) is 51.3 Å². The van der Waals surface area contributed by atoms with Crippen LogP contribution in [0.15, 0.2) is 35.9 Å². The Morgan fingerprint density at radius 3 is 2.61 bits per heavy atom. The van der Waals surface area contributed by atoms with Crippen LogP contribution in [0, 0.1) is 5.92 Å². The summed E-state index contributed by atoms with van der Waals surface area (Å²) in [5.41, 5.74) is 4.62. The number of hydrogen-bond acceptors (Lipinski definition) is 13. The molecule has 4 rings (SSSR count). The van der Waals surface area contributed by atoms with Crippen LogP contribution in [-0.2, 0) is 39.8 Å². The number of nitrogens with one attached hydrogen (secondary N) is 1. The number of hydrogen-bond donors (Lipinski definition) is 3. The number of halogens is 1. The van der Waals surface area contributed by atoms with Crippen LogP contribution >= 0.6 is 33.2 Å². The SMILES string of the molecule is COc1cc2cc(c1Cl)N(C)C(=O)C[C@H](OC(=O)[C@H](C)N(C)C(=O)CCSSCCN)C1(C)O[C@H]1[C@H](C)[C@@H]1C[C@@](O)(NC(=O)O1)[C@H](OC)/C=C/C=C(\C)C2. The highest BCUT2D eigenvalue weighted by Gasteiger charge is 2.64. The van der Waals surface area contributed by atoms with Crippen LogP contribution in [0.2, 0.25) is 5.02 Å². The lowest BCUT2D eigenvalue weighted by molar-refractivity contribution is -0.162. The molecule has 3 aliphatic heterocycles. The van der Waals surface area contributed by atoms with E-state index >= 15 is 0 Å². The number of fused-ring (bicyclic) bond motifs is 5. The summed E-state index contributed by atoms with van der Waals surface area (Å²) in [6.07, 6.45) is 1.15. The lowest BCUT2D eigenvalue weighted by Gasteiger charge is -2.42. The van der Waals surface area contributed by atoms with Gasteiger partial charge in [-0.2, -0.15) is 0 Å². The van der Waals surface area contributed by atoms with Gasteiger partial charge in [0, 0.05) is 58.0 Å². The van der Waals surface area contributed by atoms with E-state index in [1.54, 1.807) is 62.9 Å². The van der Waals surface area contributed by atoms with Crippen molar-refractivity contribution in [3.63, 3.8) is 0 Å². The molecule has 1 unspecified atom stereocenters. The van der Waals surface area contributed by atoms with E-state index in [0.29, 0.717) is 30.2 Å². The number of allylic oxidation sites excluding steroid dienone is 3. The molecular weight excluding hydrogens is 760 g/mol. The highest BCUT2D eigenvalue weighted by Crippen LogP contribution is 2.49. The fourth-order valence-corrected chi connectivity index (χ4v) is 8.84. The summed E-state index contributed by atoms with van der Waals surface area (Å²) in [6, 6.07) is 2.61. The summed E-state index contributed by atoms with van der Waals surface area (Å²) < 4.78 is 29.2. The van der Waals surface area contributed by atoms with Gasteiger partial charge in [0.15, 0.2) is 5.72 Å². The van der Waals surface area contributed by atoms with E-state index in [4.69, 9.17) is 41.0 Å². The smallest absolute Gasteiger partial charge is 0.409 e. The molecule has 0 aliphatic carbocycles. The number of nitrogens with zero attached hydrogens (tertiary/aromatic N) is 2. The number of nitrogens with two attached hydrogens (primary N) is 1. The molecule has 0 radical (unpaired) electrons. The molecule has 300 valence electrons. The maximum absolute atomic E-state index is 14.1. The third-order valence-corrected chi connectivity index (χ3v) is 13.0. The molecule has 2 saturated heterocycles. The van der Waals surface area contributed by atoms with Crippen LogP contribution in [0.25, 0.3) is 0 Å². The van der Waals surface area contributed by atoms with E-state index in [1.165, 1.54) is 41.9 Å². The van der Waals surface area contributed by atoms with Crippen molar-refractivity contribution in [1.82, 2.24) is 10.2 Å². The van der Waals surface area contributed by atoms with Gasteiger partial charge in [-0.25, -0.2) is 9.59 Å². The standard InChI is InChI=1S/C37H53ClN4O10S2/c1-21-10-9-11-28(49-8)37(47)20-27(50-35(46)40-37)22(2)33-36(4,52-33)29(51-34(45)23(3)41(5)30(43)12-14-53-54-15-13-39)19-31(44)42(6)25-17-24(16-21)18-26(48-7)32(25)38/h9-11,17-18,22-23,27-29,33,47H,12-16,19-20,39H2,1-8H3,(H,40,46)/b11-9+,21-10+/t22-,23+,27+,28-,29+,33+,36?,37+/m1/s1. The molecule has 4 bridgehead atoms. The van der Waals surface area contributed by atoms with Gasteiger partial charge in [-0.1, -0.05) is 63.9 Å². The minimum Gasteiger partial charge on any atom is -0.495 e. The van der Waals surface area contributed by atoms with Crippen molar-refractivity contribution >= 4 is 62.8 Å². The van der Waals surface area contributed by atoms with Gasteiger partial charge in [0.25, 0.3) is 0 Å². The van der Waals surface area contributed by atoms with Crippen molar-refractivity contribution in [3.05, 3.63) is 46.5 Å². The van der Waals surface area contributed by atoms with Crippen molar-refractivity contribution in [1.29, 1.82) is 0 Å². The Bertz CT molecular complexity index is 1620. The first kappa shape index (κ1) is 43.7. The van der Waals surface area contributed by atoms with E-state index in [1.807, 2.05) is 13.0 Å². The number of carbonyl (C=O) groups is 4. The minimum absolute atomic E-state index is 0.0510. The molecule has 54 heavy (non-hydrogen) atoms. The van der Waals surface area contributed by atoms with Gasteiger partial charge < -0.3 is 44.3 Å². The predicted molar refractivity (Wildman–Crippen MR) is 210 cm³/mol. The first-order valence-electron chi connectivity index (χ1n) is 17.8. The van der Waals surface area contributed by atoms with Crippen molar-refractivity contribution in [2.24, 2.45) is 11.7 Å². The monoisotopic (exact) mass is 812 g/mol. The van der Waals surface area contributed by atoms with Crippen molar-refractivity contribution < 1.29 is 48.0 Å². The fraction of sp³-hybridized carbons (Fsp3) is 0.622. The Morgan fingerprint density at radius 1 is 1.24 bits per heavy atom. The second-order valence-electron chi connectivity index (χ2n) is 14.1. The number of likely N-dealkylation sites (N-methyl/N-ethyl adjacent to an activating group) is 1. The maximum Gasteiger partial charge on any atom is 0.409 e. The summed E-state index contributed by atoms with van der Waals surface area (Å²) in [7, 11) is 9.15. The van der Waals surface area contributed by atoms with Gasteiger partial charge in [-0.15, -0.1) is 0 Å². The summed E-state index contributed by atoms with van der Waals surface area (Å²) in [6.45, 7) is 7.55. The zero-order chi connectivity index (χ0) is 40.0. The number of alkyl carbamates (subject to hydrolysis) is 1. The molecule has 1 aromatic rings. The van der Waals surface area contributed by atoms with Crippen molar-refractivity contribution in [2.45, 2.75) is 95.2 Å². The van der Waals surface area contributed by atoms with Gasteiger partial charge in [0.1, 0.15) is 40.7 Å². The van der Waals surface area contributed by atoms with Gasteiger partial charge in [0.05, 0.1) is 25.3 Å². The normalized spacial score (nSPS) is 30.8. The summed E-state index contributed by atoms with van der Waals surface area (Å²) in [5, 5.41) is 14.5. The zero-order valence-electron chi connectivity index (χ0n) is 32.1. The molecule has 0 aromatic heterocycles. The molecule has 1 aromatic carbocycles. The molecule has 3 heterocycles. The molecule has 2 fully saturated rings. The average Bonchev–Trinajstić information content (AvgIpc) is 3.83. The third-order valence-electron chi connectivity index (χ3n) is 10.2. The number of methoxy groups -OCH3 is 2. The summed E-state index contributed by atoms with van der Waals surface area (Å²) in [5.74, 6) is -0.239. The quantitative estimate of drug-likeness (QED) is 0.125. The molecular formula is C37H53ClN4O10S2. The Kier molecular flexibility index (Phi) is 15.2. The molecule has 3 amide bonds. The van der Waals surface area contributed by atoms with Crippen LogP contribution < -0.4 is 20.7 Å². The second kappa shape index (κ2) is 18.8. The number of epoxide rings is 1. The lowest BCUT2D eigenvalue weighted by atomic mass is 9.83. The average molecular weight is 813 g/mol. The maximum atomic E-state index is 14.1. The molecule has 3 aliphatic rings. The van der Waals surface area contributed by atoms with Gasteiger partial charge >= 0.3 is 12.1 Å². The fourth-order valence-electron chi connectivity index (χ4n) is 6.69. The lowest BCUT2D eigenvalue weighted by Crippen LogP contribution is -2.63. The van der Waals surface area contributed by atoms with E-state index in [-0.39, 0.29) is 30.2 Å². The molecule has 8 atom stereocenters. The number of benzene rings is 1. The summed E-state index contributed by atoms with van der Waals surface area (Å²) >= 11 is 6.76.